The summed E-state index contributed by atoms with van der Waals surface area (Å²) in [6.07, 6.45) is -2.11. The summed E-state index contributed by atoms with van der Waals surface area (Å²) in [4.78, 5) is 34.0. The molecule has 1 fully saturated rings. The molecule has 1 saturated heterocycles. The van der Waals surface area contributed by atoms with E-state index in [-0.39, 0.29) is 17.6 Å². The molecule has 39 heavy (non-hydrogen) atoms. The maximum Gasteiger partial charge on any atom is 0.416 e. The van der Waals surface area contributed by atoms with Crippen molar-refractivity contribution in [3.8, 4) is 11.1 Å². The zero-order chi connectivity index (χ0) is 28.4. The Morgan fingerprint density at radius 2 is 1.59 bits per heavy atom. The van der Waals surface area contributed by atoms with Crippen LogP contribution in [0.4, 0.5) is 18.0 Å². The number of rotatable bonds is 4. The Balaban J connectivity index is 1.50. The number of piperidine rings is 1. The van der Waals surface area contributed by atoms with Gasteiger partial charge >= 0.3 is 12.3 Å². The number of nitrogens with zero attached hydrogens (tertiary/aromatic N) is 2. The number of likely N-dealkylation sites (tertiary alicyclic amines) is 1. The molecule has 0 saturated carbocycles. The second-order valence-electron chi connectivity index (χ2n) is 10.5. The molecular weight excluding hydrogens is 509 g/mol. The van der Waals surface area contributed by atoms with E-state index < -0.39 is 17.3 Å². The van der Waals surface area contributed by atoms with Crippen LogP contribution in [0.3, 0.4) is 0 Å². The molecule has 0 atom stereocenters. The molecule has 206 valence electrons. The van der Waals surface area contributed by atoms with Crippen molar-refractivity contribution in [2.75, 3.05) is 13.1 Å². The van der Waals surface area contributed by atoms with E-state index in [2.05, 4.69) is 4.98 Å². The SMILES string of the molecule is CC(C)(C)OC(=O)N1CCC(c2cc(=O)[nH]c(C(=CN)c3ccc(-c4ccc(C(F)(F)F)cc4)cc3)n2)CC1. The highest BCUT2D eigenvalue weighted by Gasteiger charge is 2.30. The number of amides is 1. The summed E-state index contributed by atoms with van der Waals surface area (Å²) >= 11 is 0. The molecule has 0 bridgehead atoms. The lowest BCUT2D eigenvalue weighted by Gasteiger charge is -2.33. The van der Waals surface area contributed by atoms with Gasteiger partial charge in [0.2, 0.25) is 0 Å². The predicted molar refractivity (Wildman–Crippen MR) is 143 cm³/mol. The number of H-pyrrole nitrogens is 1. The molecule has 10 heteroatoms. The molecule has 7 nitrogen and oxygen atoms in total. The third-order valence-electron chi connectivity index (χ3n) is 6.49. The van der Waals surface area contributed by atoms with E-state index in [4.69, 9.17) is 15.5 Å². The second kappa shape index (κ2) is 11.0. The zero-order valence-electron chi connectivity index (χ0n) is 22.0. The van der Waals surface area contributed by atoms with Crippen molar-refractivity contribution in [1.29, 1.82) is 0 Å². The summed E-state index contributed by atoms with van der Waals surface area (Å²) < 4.78 is 44.1. The van der Waals surface area contributed by atoms with Gasteiger partial charge in [-0.2, -0.15) is 13.2 Å². The molecule has 3 aromatic rings. The Bertz CT molecular complexity index is 1400. The number of hydrogen-bond acceptors (Lipinski definition) is 5. The van der Waals surface area contributed by atoms with E-state index in [1.165, 1.54) is 24.4 Å². The van der Waals surface area contributed by atoms with Crippen LogP contribution in [0.2, 0.25) is 0 Å². The lowest BCUT2D eigenvalue weighted by Crippen LogP contribution is -2.41. The number of alkyl halides is 3. The van der Waals surface area contributed by atoms with E-state index >= 15 is 0 Å². The molecule has 2 heterocycles. The second-order valence-corrected chi connectivity index (χ2v) is 10.5. The van der Waals surface area contributed by atoms with Gasteiger partial charge in [-0.3, -0.25) is 4.79 Å². The summed E-state index contributed by atoms with van der Waals surface area (Å²) in [5.41, 5.74) is 7.54. The fraction of sp³-hybridized carbons (Fsp3) is 0.345. The minimum atomic E-state index is -4.39. The van der Waals surface area contributed by atoms with Gasteiger partial charge in [-0.15, -0.1) is 0 Å². The van der Waals surface area contributed by atoms with Gasteiger partial charge in [0.25, 0.3) is 5.56 Å². The largest absolute Gasteiger partial charge is 0.444 e. The van der Waals surface area contributed by atoms with Crippen LogP contribution >= 0.6 is 0 Å². The van der Waals surface area contributed by atoms with E-state index in [9.17, 15) is 22.8 Å². The minimum absolute atomic E-state index is 0.00851. The molecule has 0 aliphatic carbocycles. The summed E-state index contributed by atoms with van der Waals surface area (Å²) in [7, 11) is 0. The molecule has 3 N–H and O–H groups in total. The topological polar surface area (TPSA) is 101 Å². The summed E-state index contributed by atoms with van der Waals surface area (Å²) in [5.74, 6) is 0.308. The molecule has 0 unspecified atom stereocenters. The first kappa shape index (κ1) is 27.9. The highest BCUT2D eigenvalue weighted by Crippen LogP contribution is 2.32. The number of carbonyl (C=O) groups is 1. The molecule has 2 aromatic carbocycles. The van der Waals surface area contributed by atoms with Gasteiger partial charge in [0.1, 0.15) is 11.4 Å². The maximum atomic E-state index is 12.9. The fourth-order valence-corrected chi connectivity index (χ4v) is 4.50. The van der Waals surface area contributed by atoms with Crippen LogP contribution in [0.15, 0.2) is 65.6 Å². The Morgan fingerprint density at radius 1 is 1.03 bits per heavy atom. The molecular formula is C29H31F3N4O3. The van der Waals surface area contributed by atoms with Crippen LogP contribution < -0.4 is 11.3 Å². The van der Waals surface area contributed by atoms with Crippen molar-refractivity contribution < 1.29 is 22.7 Å². The fourth-order valence-electron chi connectivity index (χ4n) is 4.50. The monoisotopic (exact) mass is 540 g/mol. The minimum Gasteiger partial charge on any atom is -0.444 e. The zero-order valence-corrected chi connectivity index (χ0v) is 22.0. The first-order valence-corrected chi connectivity index (χ1v) is 12.6. The van der Waals surface area contributed by atoms with Crippen molar-refractivity contribution in [2.45, 2.75) is 51.3 Å². The van der Waals surface area contributed by atoms with E-state index in [1.54, 1.807) is 29.2 Å². The molecule has 1 aliphatic heterocycles. The van der Waals surface area contributed by atoms with E-state index in [0.29, 0.717) is 54.1 Å². The van der Waals surface area contributed by atoms with E-state index in [1.807, 2.05) is 20.8 Å². The van der Waals surface area contributed by atoms with Gasteiger partial charge < -0.3 is 20.4 Å². The number of carbonyl (C=O) groups excluding carboxylic acids is 1. The Hall–Kier alpha value is -4.08. The van der Waals surface area contributed by atoms with Gasteiger partial charge in [-0.05, 0) is 62.4 Å². The van der Waals surface area contributed by atoms with Crippen molar-refractivity contribution in [3.63, 3.8) is 0 Å². The van der Waals surface area contributed by atoms with Crippen LogP contribution in [0.25, 0.3) is 16.7 Å². The highest BCUT2D eigenvalue weighted by molar-refractivity contribution is 5.77. The van der Waals surface area contributed by atoms with Crippen molar-refractivity contribution in [1.82, 2.24) is 14.9 Å². The van der Waals surface area contributed by atoms with Gasteiger partial charge in [-0.25, -0.2) is 9.78 Å². The van der Waals surface area contributed by atoms with Gasteiger partial charge in [0, 0.05) is 36.8 Å². The quantitative estimate of drug-likeness (QED) is 0.428. The first-order chi connectivity index (χ1) is 18.3. The Labute approximate surface area is 224 Å². The number of nitrogens with one attached hydrogen (secondary N) is 1. The van der Waals surface area contributed by atoms with Crippen LogP contribution in [-0.4, -0.2) is 39.7 Å². The number of benzene rings is 2. The smallest absolute Gasteiger partial charge is 0.416 e. The number of aromatic amines is 1. The van der Waals surface area contributed by atoms with Crippen LogP contribution in [-0.2, 0) is 10.9 Å². The molecule has 1 amide bonds. The van der Waals surface area contributed by atoms with Crippen molar-refractivity contribution in [3.05, 3.63) is 93.8 Å². The van der Waals surface area contributed by atoms with Crippen LogP contribution in [0, 0.1) is 0 Å². The van der Waals surface area contributed by atoms with E-state index in [0.717, 1.165) is 17.7 Å². The summed E-state index contributed by atoms with van der Waals surface area (Å²) in [6.45, 7) is 6.46. The van der Waals surface area contributed by atoms with Gasteiger partial charge in [-0.1, -0.05) is 36.4 Å². The number of aromatic nitrogens is 2. The number of nitrogens with two attached hydrogens (primary N) is 1. The predicted octanol–water partition coefficient (Wildman–Crippen LogP) is 5.92. The molecule has 1 aromatic heterocycles. The number of ether oxygens (including phenoxy) is 1. The molecule has 0 spiro atoms. The number of hydrogen-bond donors (Lipinski definition) is 2. The van der Waals surface area contributed by atoms with Crippen LogP contribution in [0.5, 0.6) is 0 Å². The van der Waals surface area contributed by atoms with Gasteiger partial charge in [0.05, 0.1) is 11.3 Å². The van der Waals surface area contributed by atoms with Crippen LogP contribution in [0.1, 0.15) is 62.2 Å². The van der Waals surface area contributed by atoms with Gasteiger partial charge in [0.15, 0.2) is 0 Å². The highest BCUT2D eigenvalue weighted by atomic mass is 19.4. The molecule has 4 rings (SSSR count). The standard InChI is InChI=1S/C29H31F3N4O3/c1-28(2,3)39-27(38)36-14-12-21(13-15-36)24-16-25(37)35-26(34-24)23(17-33)20-6-4-18(5-7-20)19-8-10-22(11-9-19)29(30,31)32/h4-11,16-17,21H,12-15,33H2,1-3H3,(H,34,35,37). The Morgan fingerprint density at radius 3 is 2.10 bits per heavy atom. The molecule has 1 aliphatic rings. The Kier molecular flexibility index (Phi) is 7.85. The lowest BCUT2D eigenvalue weighted by molar-refractivity contribution is -0.137. The average Bonchev–Trinajstić information content (AvgIpc) is 2.88. The summed E-state index contributed by atoms with van der Waals surface area (Å²) in [5, 5.41) is 0. The average molecular weight is 541 g/mol. The van der Waals surface area contributed by atoms with Crippen molar-refractivity contribution >= 4 is 11.7 Å². The third kappa shape index (κ3) is 6.87. The third-order valence-corrected chi connectivity index (χ3v) is 6.49. The van der Waals surface area contributed by atoms with Crippen molar-refractivity contribution in [2.24, 2.45) is 5.73 Å². The normalized spacial score (nSPS) is 15.3. The summed E-state index contributed by atoms with van der Waals surface area (Å²) in [6, 6.07) is 13.5. The first-order valence-electron chi connectivity index (χ1n) is 12.6. The maximum absolute atomic E-state index is 12.9. The number of halogens is 3. The lowest BCUT2D eigenvalue weighted by atomic mass is 9.93. The molecule has 0 radical (unpaired) electrons.